The second-order valence-corrected chi connectivity index (χ2v) is 8.48. The van der Waals surface area contributed by atoms with Crippen LogP contribution in [0, 0.1) is 12.7 Å². The molecule has 1 fully saturated rings. The summed E-state index contributed by atoms with van der Waals surface area (Å²) < 4.78 is 21.5. The van der Waals surface area contributed by atoms with Crippen LogP contribution < -0.4 is 16.2 Å². The van der Waals surface area contributed by atoms with Crippen LogP contribution in [0.4, 0.5) is 20.6 Å². The molecule has 1 aliphatic rings. The molecule has 2 atom stereocenters. The van der Waals surface area contributed by atoms with Gasteiger partial charge >= 0.3 is 6.03 Å². The van der Waals surface area contributed by atoms with Crippen molar-refractivity contribution in [1.82, 2.24) is 14.5 Å². The van der Waals surface area contributed by atoms with Crippen molar-refractivity contribution < 1.29 is 18.7 Å². The van der Waals surface area contributed by atoms with Crippen molar-refractivity contribution in [3.05, 3.63) is 81.7 Å². The van der Waals surface area contributed by atoms with Gasteiger partial charge in [0, 0.05) is 49.2 Å². The second kappa shape index (κ2) is 10.2. The Morgan fingerprint density at radius 2 is 1.91 bits per heavy atom. The van der Waals surface area contributed by atoms with Crippen molar-refractivity contribution in [2.75, 3.05) is 24.3 Å². The molecule has 4 rings (SSSR count). The zero-order valence-corrected chi connectivity index (χ0v) is 19.8. The lowest BCUT2D eigenvalue weighted by Gasteiger charge is -2.24. The molecule has 35 heavy (non-hydrogen) atoms. The topological polar surface area (TPSA) is 106 Å². The highest BCUT2D eigenvalue weighted by Gasteiger charge is 2.40. The summed E-state index contributed by atoms with van der Waals surface area (Å²) in [5.41, 5.74) is 0.637. The van der Waals surface area contributed by atoms with Gasteiger partial charge in [-0.05, 0) is 43.3 Å². The number of aromatic nitrogens is 2. The van der Waals surface area contributed by atoms with Crippen molar-refractivity contribution in [3.63, 3.8) is 0 Å². The van der Waals surface area contributed by atoms with Crippen LogP contribution in [0.3, 0.4) is 0 Å². The third-order valence-corrected chi connectivity index (χ3v) is 6.01. The predicted octanol–water partition coefficient (Wildman–Crippen LogP) is 3.59. The molecule has 3 amide bonds. The van der Waals surface area contributed by atoms with Crippen LogP contribution >= 0.6 is 11.6 Å². The first-order valence-electron chi connectivity index (χ1n) is 10.8. The molecule has 11 heteroatoms. The lowest BCUT2D eigenvalue weighted by atomic mass is 10.1. The average molecular weight is 500 g/mol. The first-order valence-corrected chi connectivity index (χ1v) is 11.2. The zero-order chi connectivity index (χ0) is 25.1. The van der Waals surface area contributed by atoms with Gasteiger partial charge in [0.05, 0.1) is 17.5 Å². The molecule has 182 valence electrons. The van der Waals surface area contributed by atoms with E-state index < -0.39 is 23.8 Å². The Morgan fingerprint density at radius 3 is 2.60 bits per heavy atom. The van der Waals surface area contributed by atoms with Gasteiger partial charge in [0.2, 0.25) is 5.91 Å². The highest BCUT2D eigenvalue weighted by Crippen LogP contribution is 2.25. The van der Waals surface area contributed by atoms with Gasteiger partial charge in [-0.1, -0.05) is 11.6 Å². The number of carbonyl (C=O) groups excluding carboxylic acids is 2. The van der Waals surface area contributed by atoms with Gasteiger partial charge in [-0.3, -0.25) is 19.1 Å². The van der Waals surface area contributed by atoms with Crippen molar-refractivity contribution in [2.45, 2.75) is 25.5 Å². The quantitative estimate of drug-likeness (QED) is 0.558. The predicted molar refractivity (Wildman–Crippen MR) is 130 cm³/mol. The minimum atomic E-state index is -0.878. The van der Waals surface area contributed by atoms with Crippen LogP contribution in [0.25, 0.3) is 5.69 Å². The molecule has 1 aliphatic heterocycles. The number of hydrogen-bond acceptors (Lipinski definition) is 5. The lowest BCUT2D eigenvalue weighted by Crippen LogP contribution is -2.45. The van der Waals surface area contributed by atoms with Crippen LogP contribution in [0.5, 0.6) is 0 Å². The minimum absolute atomic E-state index is 0.0727. The maximum Gasteiger partial charge on any atom is 0.322 e. The van der Waals surface area contributed by atoms with Crippen molar-refractivity contribution in [2.24, 2.45) is 0 Å². The summed E-state index contributed by atoms with van der Waals surface area (Å²) in [5.74, 6) is -1.28. The fourth-order valence-corrected chi connectivity index (χ4v) is 3.98. The fraction of sp³-hybridized carbons (Fsp3) is 0.250. The van der Waals surface area contributed by atoms with Crippen LogP contribution in [-0.2, 0) is 9.53 Å². The molecule has 9 nitrogen and oxygen atoms in total. The Kier molecular flexibility index (Phi) is 7.13. The molecule has 2 aromatic carbocycles. The van der Waals surface area contributed by atoms with Gasteiger partial charge in [-0.15, -0.1) is 0 Å². The minimum Gasteiger partial charge on any atom is -0.380 e. The summed E-state index contributed by atoms with van der Waals surface area (Å²) in [5, 5.41) is 5.81. The van der Waals surface area contributed by atoms with E-state index in [4.69, 9.17) is 16.3 Å². The van der Waals surface area contributed by atoms with Crippen LogP contribution in [0.2, 0.25) is 5.02 Å². The van der Waals surface area contributed by atoms with Crippen molar-refractivity contribution in [3.8, 4) is 5.69 Å². The first kappa shape index (κ1) is 24.4. The van der Waals surface area contributed by atoms with Crippen LogP contribution in [0.15, 0.2) is 59.7 Å². The van der Waals surface area contributed by atoms with Gasteiger partial charge in [0.25, 0.3) is 5.56 Å². The zero-order valence-electron chi connectivity index (χ0n) is 19.0. The first-order chi connectivity index (χ1) is 16.8. The third-order valence-electron chi connectivity index (χ3n) is 5.76. The number of halogens is 2. The molecule has 2 N–H and O–H groups in total. The number of benzene rings is 2. The van der Waals surface area contributed by atoms with E-state index in [1.54, 1.807) is 31.2 Å². The Bertz CT molecular complexity index is 1310. The summed E-state index contributed by atoms with van der Waals surface area (Å²) in [6.07, 6.45) is 2.78. The van der Waals surface area contributed by atoms with E-state index in [2.05, 4.69) is 15.6 Å². The molecule has 3 aromatic rings. The number of nitrogens with one attached hydrogen (secondary N) is 2. The second-order valence-electron chi connectivity index (χ2n) is 8.04. The smallest absolute Gasteiger partial charge is 0.322 e. The maximum atomic E-state index is 14.9. The van der Waals surface area contributed by atoms with Gasteiger partial charge < -0.3 is 20.3 Å². The van der Waals surface area contributed by atoms with Gasteiger partial charge in [-0.2, -0.15) is 0 Å². The Balaban J connectivity index is 1.51. The monoisotopic (exact) mass is 499 g/mol. The number of amides is 3. The molecule has 0 bridgehead atoms. The van der Waals surface area contributed by atoms with E-state index in [1.165, 1.54) is 41.1 Å². The van der Waals surface area contributed by atoms with Crippen molar-refractivity contribution >= 4 is 34.9 Å². The number of ether oxygens (including phenoxy) is 1. The fourth-order valence-electron chi connectivity index (χ4n) is 3.85. The van der Waals surface area contributed by atoms with E-state index in [9.17, 15) is 18.8 Å². The highest BCUT2D eigenvalue weighted by molar-refractivity contribution is 6.30. The molecule has 0 spiro atoms. The van der Waals surface area contributed by atoms with E-state index in [0.29, 0.717) is 16.4 Å². The number of likely N-dealkylation sites (tertiary alicyclic amines) is 1. The molecule has 1 aromatic heterocycles. The molecule has 2 heterocycles. The lowest BCUT2D eigenvalue weighted by molar-refractivity contribution is -0.119. The number of aryl methyl sites for hydroxylation is 1. The number of anilines is 2. The number of carbonyl (C=O) groups is 2. The Morgan fingerprint density at radius 1 is 1.17 bits per heavy atom. The molecular formula is C24H23ClFN5O4. The molecule has 0 saturated carbocycles. The molecule has 0 aliphatic carbocycles. The summed E-state index contributed by atoms with van der Waals surface area (Å²) in [6, 6.07) is 9.22. The highest BCUT2D eigenvalue weighted by atomic mass is 35.5. The SMILES string of the molecule is CO[C@@H]1C[C@H](C(=O)Nc2ccc(-n3ccnc(C)c3=O)cc2F)N(C(=O)Nc2ccc(Cl)cc2)C1. The molecule has 0 unspecified atom stereocenters. The summed E-state index contributed by atoms with van der Waals surface area (Å²) in [7, 11) is 1.50. The van der Waals surface area contributed by atoms with Crippen LogP contribution in [-0.4, -0.2) is 52.2 Å². The van der Waals surface area contributed by atoms with Gasteiger partial charge in [0.1, 0.15) is 17.6 Å². The van der Waals surface area contributed by atoms with Gasteiger partial charge in [0.15, 0.2) is 0 Å². The summed E-state index contributed by atoms with van der Waals surface area (Å²) in [6.45, 7) is 1.76. The van der Waals surface area contributed by atoms with Crippen LogP contribution in [0.1, 0.15) is 12.1 Å². The van der Waals surface area contributed by atoms with E-state index in [1.807, 2.05) is 0 Å². The van der Waals surface area contributed by atoms with E-state index in [-0.39, 0.29) is 36.0 Å². The van der Waals surface area contributed by atoms with Crippen molar-refractivity contribution in [1.29, 1.82) is 0 Å². The normalized spacial score (nSPS) is 17.3. The molecular weight excluding hydrogens is 477 g/mol. The Hall–Kier alpha value is -3.76. The van der Waals surface area contributed by atoms with E-state index in [0.717, 1.165) is 6.07 Å². The Labute approximate surface area is 205 Å². The molecule has 1 saturated heterocycles. The summed E-state index contributed by atoms with van der Waals surface area (Å²) in [4.78, 5) is 43.5. The standard InChI is InChI=1S/C24H23ClFN5O4/c1-14-23(33)30(10-9-27-14)17-7-8-20(19(26)11-17)29-22(32)21-12-18(35-2)13-31(21)24(34)28-16-5-3-15(25)4-6-16/h3-11,18,21H,12-13H2,1-2H3,(H,28,34)(H,29,32)/t18-,21-/m1/s1. The summed E-state index contributed by atoms with van der Waals surface area (Å²) >= 11 is 5.88. The van der Waals surface area contributed by atoms with Gasteiger partial charge in [-0.25, -0.2) is 9.18 Å². The number of rotatable bonds is 5. The van der Waals surface area contributed by atoms with E-state index >= 15 is 0 Å². The number of methoxy groups -OCH3 is 1. The third kappa shape index (κ3) is 5.33. The number of nitrogens with zero attached hydrogens (tertiary/aromatic N) is 3. The maximum absolute atomic E-state index is 14.9. The average Bonchev–Trinajstić information content (AvgIpc) is 3.29. The number of urea groups is 1. The number of hydrogen-bond donors (Lipinski definition) is 2. The molecule has 0 radical (unpaired) electrons. The largest absolute Gasteiger partial charge is 0.380 e.